The minimum atomic E-state index is -3.76. The lowest BCUT2D eigenvalue weighted by Gasteiger charge is -2.31. The monoisotopic (exact) mass is 378 g/mol. The molecule has 0 spiro atoms. The van der Waals surface area contributed by atoms with E-state index in [4.69, 9.17) is 0 Å². The zero-order valence-electron chi connectivity index (χ0n) is 16.8. The van der Waals surface area contributed by atoms with Crippen molar-refractivity contribution in [3.63, 3.8) is 0 Å². The number of nitrogens with zero attached hydrogens (tertiary/aromatic N) is 4. The van der Waals surface area contributed by atoms with E-state index in [9.17, 15) is 8.42 Å². The molecule has 26 heavy (non-hydrogen) atoms. The largest absolute Gasteiger partial charge is 0.334 e. The maximum atomic E-state index is 13.5. The minimum Gasteiger partial charge on any atom is -0.334 e. The summed E-state index contributed by atoms with van der Waals surface area (Å²) in [7, 11) is 0.144. The molecule has 1 atom stereocenters. The van der Waals surface area contributed by atoms with Crippen molar-refractivity contribution >= 4 is 15.7 Å². The van der Waals surface area contributed by atoms with Gasteiger partial charge < -0.3 is 9.47 Å². The molecule has 1 heterocycles. The van der Waals surface area contributed by atoms with Gasteiger partial charge in [0.25, 0.3) is 10.0 Å². The van der Waals surface area contributed by atoms with Gasteiger partial charge in [-0.3, -0.25) is 4.31 Å². The Morgan fingerprint density at radius 1 is 1.15 bits per heavy atom. The van der Waals surface area contributed by atoms with Crippen LogP contribution in [0.3, 0.4) is 0 Å². The third kappa shape index (κ3) is 3.94. The summed E-state index contributed by atoms with van der Waals surface area (Å²) in [6.45, 7) is 10.8. The van der Waals surface area contributed by atoms with Crippen LogP contribution in [0.15, 0.2) is 29.4 Å². The van der Waals surface area contributed by atoms with Gasteiger partial charge in [0.1, 0.15) is 5.82 Å². The van der Waals surface area contributed by atoms with Crippen LogP contribution in [0.25, 0.3) is 0 Å². The first kappa shape index (κ1) is 20.5. The van der Waals surface area contributed by atoms with Crippen molar-refractivity contribution in [2.75, 3.05) is 24.9 Å². The van der Waals surface area contributed by atoms with Crippen molar-refractivity contribution in [1.82, 2.24) is 14.5 Å². The van der Waals surface area contributed by atoms with Gasteiger partial charge in [-0.2, -0.15) is 8.42 Å². The molecule has 0 saturated carbocycles. The predicted molar refractivity (Wildman–Crippen MR) is 106 cm³/mol. The molecule has 0 amide bonds. The van der Waals surface area contributed by atoms with E-state index in [0.717, 1.165) is 16.8 Å². The average Bonchev–Trinajstić information content (AvgIpc) is 2.95. The Morgan fingerprint density at radius 3 is 2.19 bits per heavy atom. The van der Waals surface area contributed by atoms with E-state index in [0.29, 0.717) is 18.9 Å². The van der Waals surface area contributed by atoms with Gasteiger partial charge in [-0.1, -0.05) is 18.2 Å². The van der Waals surface area contributed by atoms with Gasteiger partial charge in [0.05, 0.1) is 5.69 Å². The summed E-state index contributed by atoms with van der Waals surface area (Å²) < 4.78 is 30.4. The molecule has 6 nitrogen and oxygen atoms in total. The molecular weight excluding hydrogens is 348 g/mol. The summed E-state index contributed by atoms with van der Waals surface area (Å²) in [5.74, 6) is 0.702. The van der Waals surface area contributed by atoms with E-state index in [1.165, 1.54) is 4.31 Å². The zero-order chi connectivity index (χ0) is 19.6. The van der Waals surface area contributed by atoms with Gasteiger partial charge in [0.2, 0.25) is 0 Å². The molecule has 0 saturated heterocycles. The van der Waals surface area contributed by atoms with Crippen LogP contribution in [-0.4, -0.2) is 49.6 Å². The van der Waals surface area contributed by atoms with E-state index in [-0.39, 0.29) is 11.1 Å². The third-order valence-electron chi connectivity index (χ3n) is 4.85. The Kier molecular flexibility index (Phi) is 6.13. The lowest BCUT2D eigenvalue weighted by Crippen LogP contribution is -2.42. The highest BCUT2D eigenvalue weighted by molar-refractivity contribution is 7.92. The van der Waals surface area contributed by atoms with Crippen LogP contribution in [0.2, 0.25) is 0 Å². The van der Waals surface area contributed by atoms with Crippen LogP contribution in [0.4, 0.5) is 5.69 Å². The van der Waals surface area contributed by atoms with Crippen molar-refractivity contribution in [1.29, 1.82) is 0 Å². The van der Waals surface area contributed by atoms with E-state index in [1.54, 1.807) is 6.20 Å². The number of aromatic nitrogens is 2. The SMILES string of the molecule is CCn1cc(S(=O)(=O)N(CC(C)N(C)C)c2c(C)cccc2C)nc1C. The fraction of sp³-hybridized carbons (Fsp3) is 0.526. The molecule has 1 aromatic heterocycles. The maximum absolute atomic E-state index is 13.5. The number of likely N-dealkylation sites (N-methyl/N-ethyl adjacent to an activating group) is 1. The second-order valence-electron chi connectivity index (χ2n) is 7.00. The molecule has 2 aromatic rings. The molecule has 0 bridgehead atoms. The van der Waals surface area contributed by atoms with Crippen molar-refractivity contribution in [2.24, 2.45) is 0 Å². The van der Waals surface area contributed by atoms with Gasteiger partial charge in [0.15, 0.2) is 5.03 Å². The van der Waals surface area contributed by atoms with E-state index < -0.39 is 10.0 Å². The molecule has 0 fully saturated rings. The smallest absolute Gasteiger partial charge is 0.283 e. The molecule has 1 unspecified atom stereocenters. The van der Waals surface area contributed by atoms with Crippen LogP contribution in [0.5, 0.6) is 0 Å². The molecule has 144 valence electrons. The number of sulfonamides is 1. The highest BCUT2D eigenvalue weighted by Crippen LogP contribution is 2.30. The van der Waals surface area contributed by atoms with Crippen molar-refractivity contribution in [2.45, 2.75) is 52.2 Å². The molecule has 0 aliphatic heterocycles. The highest BCUT2D eigenvalue weighted by atomic mass is 32.2. The van der Waals surface area contributed by atoms with Crippen LogP contribution < -0.4 is 4.31 Å². The summed E-state index contributed by atoms with van der Waals surface area (Å²) in [6.07, 6.45) is 1.63. The van der Waals surface area contributed by atoms with E-state index in [2.05, 4.69) is 4.98 Å². The average molecular weight is 379 g/mol. The molecule has 0 radical (unpaired) electrons. The minimum absolute atomic E-state index is 0.0538. The van der Waals surface area contributed by atoms with Gasteiger partial charge in [-0.25, -0.2) is 4.98 Å². The molecule has 7 heteroatoms. The topological polar surface area (TPSA) is 58.4 Å². The molecule has 0 aliphatic rings. The number of anilines is 1. The summed E-state index contributed by atoms with van der Waals surface area (Å²) in [4.78, 5) is 6.35. The van der Waals surface area contributed by atoms with Gasteiger partial charge in [0, 0.05) is 25.3 Å². The molecular formula is C19H30N4O2S. The fourth-order valence-electron chi connectivity index (χ4n) is 2.95. The molecule has 1 aromatic carbocycles. The Balaban J connectivity index is 2.62. The second-order valence-corrected chi connectivity index (χ2v) is 8.81. The predicted octanol–water partition coefficient (Wildman–Crippen LogP) is 2.97. The first-order valence-electron chi connectivity index (χ1n) is 8.88. The fourth-order valence-corrected chi connectivity index (χ4v) is 4.62. The maximum Gasteiger partial charge on any atom is 0.283 e. The van der Waals surface area contributed by atoms with Crippen LogP contribution in [0.1, 0.15) is 30.8 Å². The highest BCUT2D eigenvalue weighted by Gasteiger charge is 2.31. The number of imidazole rings is 1. The van der Waals surface area contributed by atoms with Crippen LogP contribution in [0, 0.1) is 20.8 Å². The molecule has 0 N–H and O–H groups in total. The number of para-hydroxylation sites is 1. The Morgan fingerprint density at radius 2 is 1.73 bits per heavy atom. The third-order valence-corrected chi connectivity index (χ3v) is 6.49. The van der Waals surface area contributed by atoms with Gasteiger partial charge in [-0.15, -0.1) is 0 Å². The summed E-state index contributed by atoms with van der Waals surface area (Å²) in [6, 6.07) is 5.89. The number of rotatable bonds is 7. The summed E-state index contributed by atoms with van der Waals surface area (Å²) in [5, 5.41) is 0.102. The standard InChI is InChI=1S/C19H30N4O2S/c1-8-22-13-18(20-17(22)5)26(24,25)23(12-16(4)21(6)7)19-14(2)10-9-11-15(19)3/h9-11,13,16H,8,12H2,1-7H3. The molecule has 2 rings (SSSR count). The summed E-state index contributed by atoms with van der Waals surface area (Å²) in [5.41, 5.74) is 2.61. The Labute approximate surface area is 157 Å². The normalized spacial score (nSPS) is 13.2. The number of aryl methyl sites for hydroxylation is 4. The van der Waals surface area contributed by atoms with Crippen molar-refractivity contribution in [3.05, 3.63) is 41.3 Å². The Bertz CT molecular complexity index is 851. The lowest BCUT2D eigenvalue weighted by atomic mass is 10.1. The van der Waals surface area contributed by atoms with Crippen molar-refractivity contribution < 1.29 is 8.42 Å². The van der Waals surface area contributed by atoms with Crippen molar-refractivity contribution in [3.8, 4) is 0 Å². The number of benzene rings is 1. The quantitative estimate of drug-likeness (QED) is 0.743. The first-order chi connectivity index (χ1) is 12.1. The summed E-state index contributed by atoms with van der Waals surface area (Å²) >= 11 is 0. The van der Waals surface area contributed by atoms with E-state index in [1.807, 2.05) is 76.4 Å². The number of hydrogen-bond donors (Lipinski definition) is 0. The van der Waals surface area contributed by atoms with Gasteiger partial charge in [-0.05, 0) is 59.8 Å². The zero-order valence-corrected chi connectivity index (χ0v) is 17.6. The van der Waals surface area contributed by atoms with Crippen LogP contribution in [-0.2, 0) is 16.6 Å². The second kappa shape index (κ2) is 7.80. The lowest BCUT2D eigenvalue weighted by molar-refractivity contribution is 0.320. The van der Waals surface area contributed by atoms with E-state index >= 15 is 0 Å². The Hall–Kier alpha value is -1.86. The van der Waals surface area contributed by atoms with Gasteiger partial charge >= 0.3 is 0 Å². The first-order valence-corrected chi connectivity index (χ1v) is 10.3. The van der Waals surface area contributed by atoms with Crippen LogP contribution >= 0.6 is 0 Å². The molecule has 0 aliphatic carbocycles. The number of hydrogen-bond acceptors (Lipinski definition) is 4.